The van der Waals surface area contributed by atoms with Crippen LogP contribution in [0.15, 0.2) is 91.0 Å². The van der Waals surface area contributed by atoms with Crippen molar-refractivity contribution >= 4 is 29.2 Å². The Balaban J connectivity index is 1.27. The highest BCUT2D eigenvalue weighted by Crippen LogP contribution is 2.31. The summed E-state index contributed by atoms with van der Waals surface area (Å²) < 4.78 is 6.08. The molecule has 0 heterocycles. The molecule has 1 aliphatic rings. The van der Waals surface area contributed by atoms with Crippen LogP contribution in [0, 0.1) is 0 Å². The fourth-order valence-corrected chi connectivity index (χ4v) is 5.06. The second-order valence-corrected chi connectivity index (χ2v) is 10.3. The summed E-state index contributed by atoms with van der Waals surface area (Å²) in [6.45, 7) is 0.413. The Bertz CT molecular complexity index is 1530. The van der Waals surface area contributed by atoms with Crippen molar-refractivity contribution in [3.05, 3.63) is 124 Å². The van der Waals surface area contributed by atoms with Gasteiger partial charge in [-0.05, 0) is 84.5 Å². The third-order valence-corrected chi connectivity index (χ3v) is 7.16. The van der Waals surface area contributed by atoms with Gasteiger partial charge in [0.15, 0.2) is 0 Å². The lowest BCUT2D eigenvalue weighted by Crippen LogP contribution is -2.37. The number of fused-ring (bicyclic) bond motifs is 1. The van der Waals surface area contributed by atoms with Crippen molar-refractivity contribution in [2.75, 3.05) is 11.9 Å². The number of hydrogen-bond donors (Lipinski definition) is 4. The van der Waals surface area contributed by atoms with E-state index < -0.39 is 12.1 Å². The molecule has 0 saturated carbocycles. The molecule has 204 valence electrons. The number of hydrogen-bond acceptors (Lipinski definition) is 5. The van der Waals surface area contributed by atoms with Crippen LogP contribution >= 0.6 is 11.6 Å². The summed E-state index contributed by atoms with van der Waals surface area (Å²) in [7, 11) is 0. The van der Waals surface area contributed by atoms with Crippen LogP contribution in [-0.4, -0.2) is 34.7 Å². The zero-order valence-electron chi connectivity index (χ0n) is 21.6. The number of halogens is 1. The molecule has 0 fully saturated rings. The van der Waals surface area contributed by atoms with E-state index in [1.54, 1.807) is 42.5 Å². The number of aromatic carboxylic acids is 1. The van der Waals surface area contributed by atoms with Gasteiger partial charge in [0, 0.05) is 34.9 Å². The number of aliphatic hydroxyl groups excluding tert-OH is 1. The number of carboxylic acid groups (broad SMARTS) is 1. The number of ether oxygens (including phenoxy) is 1. The zero-order chi connectivity index (χ0) is 28.1. The number of carbonyl (C=O) groups excluding carboxylic acids is 1. The van der Waals surface area contributed by atoms with Crippen LogP contribution in [0.5, 0.6) is 11.5 Å². The second kappa shape index (κ2) is 12.3. The van der Waals surface area contributed by atoms with Crippen molar-refractivity contribution in [3.8, 4) is 11.5 Å². The van der Waals surface area contributed by atoms with Gasteiger partial charge >= 0.3 is 5.97 Å². The molecule has 5 rings (SSSR count). The van der Waals surface area contributed by atoms with E-state index in [9.17, 15) is 19.8 Å². The third kappa shape index (κ3) is 6.87. The average molecular weight is 557 g/mol. The van der Waals surface area contributed by atoms with Gasteiger partial charge in [-0.15, -0.1) is 0 Å². The summed E-state index contributed by atoms with van der Waals surface area (Å²) in [5, 5.41) is 27.0. The molecule has 0 bridgehead atoms. The molecule has 7 nitrogen and oxygen atoms in total. The highest BCUT2D eigenvalue weighted by Gasteiger charge is 2.21. The van der Waals surface area contributed by atoms with E-state index in [-0.39, 0.29) is 17.5 Å². The van der Waals surface area contributed by atoms with Crippen LogP contribution in [0.2, 0.25) is 5.02 Å². The number of nitrogens with one attached hydrogen (secondary N) is 2. The van der Waals surface area contributed by atoms with Gasteiger partial charge in [-0.1, -0.05) is 48.0 Å². The van der Waals surface area contributed by atoms with Crippen molar-refractivity contribution in [1.29, 1.82) is 0 Å². The van der Waals surface area contributed by atoms with Crippen molar-refractivity contribution in [1.82, 2.24) is 5.32 Å². The molecule has 0 radical (unpaired) electrons. The summed E-state index contributed by atoms with van der Waals surface area (Å²) >= 11 is 6.06. The fourth-order valence-electron chi connectivity index (χ4n) is 4.86. The maximum atomic E-state index is 12.6. The van der Waals surface area contributed by atoms with E-state index in [0.29, 0.717) is 34.3 Å². The van der Waals surface area contributed by atoms with Crippen LogP contribution in [0.25, 0.3) is 0 Å². The molecule has 0 aromatic heterocycles. The van der Waals surface area contributed by atoms with Crippen LogP contribution in [0.1, 0.15) is 49.9 Å². The van der Waals surface area contributed by atoms with Gasteiger partial charge in [0.2, 0.25) is 0 Å². The quantitative estimate of drug-likeness (QED) is 0.194. The molecule has 0 spiro atoms. The summed E-state index contributed by atoms with van der Waals surface area (Å²) in [6.07, 6.45) is 1.95. The van der Waals surface area contributed by atoms with Crippen molar-refractivity contribution < 1.29 is 24.5 Å². The Labute approximate surface area is 237 Å². The minimum atomic E-state index is -1.13. The molecule has 4 N–H and O–H groups in total. The number of carboxylic acids is 1. The number of anilines is 1. The van der Waals surface area contributed by atoms with E-state index in [1.807, 2.05) is 36.4 Å². The number of carbonyl (C=O) groups is 2. The Morgan fingerprint density at radius 3 is 2.50 bits per heavy atom. The molecule has 2 atom stereocenters. The Morgan fingerprint density at radius 2 is 1.73 bits per heavy atom. The first-order valence-electron chi connectivity index (χ1n) is 13.1. The van der Waals surface area contributed by atoms with Gasteiger partial charge in [0.25, 0.3) is 5.91 Å². The number of aliphatic hydroxyl groups is 1. The normalized spacial score (nSPS) is 15.1. The maximum absolute atomic E-state index is 12.6. The smallest absolute Gasteiger partial charge is 0.335 e. The van der Waals surface area contributed by atoms with E-state index in [0.717, 1.165) is 30.4 Å². The van der Waals surface area contributed by atoms with E-state index in [4.69, 9.17) is 16.3 Å². The fraction of sp³-hybridized carbons (Fsp3) is 0.188. The van der Waals surface area contributed by atoms with Crippen LogP contribution in [0.4, 0.5) is 5.69 Å². The van der Waals surface area contributed by atoms with Gasteiger partial charge in [-0.3, -0.25) is 4.79 Å². The summed E-state index contributed by atoms with van der Waals surface area (Å²) in [6, 6.07) is 26.4. The summed E-state index contributed by atoms with van der Waals surface area (Å²) in [5.41, 5.74) is 3.92. The van der Waals surface area contributed by atoms with Gasteiger partial charge < -0.3 is 25.6 Å². The van der Waals surface area contributed by atoms with Gasteiger partial charge in [-0.2, -0.15) is 0 Å². The number of amides is 1. The second-order valence-electron chi connectivity index (χ2n) is 9.82. The van der Waals surface area contributed by atoms with E-state index >= 15 is 0 Å². The predicted molar refractivity (Wildman–Crippen MR) is 155 cm³/mol. The lowest BCUT2D eigenvalue weighted by molar-refractivity contribution is 0.0696. The molecular formula is C32H29ClN2O5. The largest absolute Gasteiger partial charge is 0.478 e. The highest BCUT2D eigenvalue weighted by atomic mass is 35.5. The molecule has 4 aromatic rings. The molecule has 0 saturated heterocycles. The standard InChI is InChI=1S/C32H29ClN2O5/c33-25-8-4-7-22(13-25)30(36)19-34-26-11-9-20-10-12-28(16-23(20)14-26)40-29-17-24(32(38)39)15-27(18-29)35-31(37)21-5-2-1-3-6-21/h1-8,10,12-13,15-18,26,30,34,36H,9,11,14,19H2,(H,35,37)(H,38,39)/t26-,30-/m0/s1. The van der Waals surface area contributed by atoms with Gasteiger partial charge in [-0.25, -0.2) is 4.79 Å². The van der Waals surface area contributed by atoms with E-state index in [1.165, 1.54) is 17.7 Å². The SMILES string of the molecule is O=C(O)c1cc(NC(=O)c2ccccc2)cc(Oc2ccc3c(c2)C[C@@H](NC[C@H](O)c2cccc(Cl)c2)CC3)c1. The highest BCUT2D eigenvalue weighted by molar-refractivity contribution is 6.30. The van der Waals surface area contributed by atoms with Crippen LogP contribution in [0.3, 0.4) is 0 Å². The molecule has 0 aliphatic heterocycles. The summed E-state index contributed by atoms with van der Waals surface area (Å²) in [4.78, 5) is 24.4. The van der Waals surface area contributed by atoms with Crippen LogP contribution in [-0.2, 0) is 12.8 Å². The first-order chi connectivity index (χ1) is 19.3. The number of aryl methyl sites for hydroxylation is 1. The Kier molecular flexibility index (Phi) is 8.45. The minimum absolute atomic E-state index is 0.00125. The first kappa shape index (κ1) is 27.4. The lowest BCUT2D eigenvalue weighted by Gasteiger charge is -2.27. The molecule has 1 aliphatic carbocycles. The van der Waals surface area contributed by atoms with E-state index in [2.05, 4.69) is 10.6 Å². The molecule has 40 heavy (non-hydrogen) atoms. The molecule has 8 heteroatoms. The zero-order valence-corrected chi connectivity index (χ0v) is 22.4. The lowest BCUT2D eigenvalue weighted by atomic mass is 9.88. The predicted octanol–water partition coefficient (Wildman–Crippen LogP) is 6.26. The van der Waals surface area contributed by atoms with Gasteiger partial charge in [0.1, 0.15) is 11.5 Å². The Morgan fingerprint density at radius 1 is 0.900 bits per heavy atom. The van der Waals surface area contributed by atoms with Crippen LogP contribution < -0.4 is 15.4 Å². The number of rotatable bonds is 9. The van der Waals surface area contributed by atoms with Crippen molar-refractivity contribution in [2.24, 2.45) is 0 Å². The molecule has 1 amide bonds. The summed E-state index contributed by atoms with van der Waals surface area (Å²) in [5.74, 6) is -0.596. The maximum Gasteiger partial charge on any atom is 0.335 e. The first-order valence-corrected chi connectivity index (χ1v) is 13.4. The third-order valence-electron chi connectivity index (χ3n) is 6.92. The average Bonchev–Trinajstić information content (AvgIpc) is 2.96. The van der Waals surface area contributed by atoms with Gasteiger partial charge in [0.05, 0.1) is 11.7 Å². The van der Waals surface area contributed by atoms with Crippen molar-refractivity contribution in [3.63, 3.8) is 0 Å². The molecule has 4 aromatic carbocycles. The topological polar surface area (TPSA) is 108 Å². The Hall–Kier alpha value is -4.17. The number of benzene rings is 4. The molecule has 0 unspecified atom stereocenters. The molecular weight excluding hydrogens is 528 g/mol. The van der Waals surface area contributed by atoms with Crippen molar-refractivity contribution in [2.45, 2.75) is 31.4 Å². The monoisotopic (exact) mass is 556 g/mol. The minimum Gasteiger partial charge on any atom is -0.478 e.